The third-order valence-corrected chi connectivity index (χ3v) is 2.41. The van der Waals surface area contributed by atoms with Crippen LogP contribution in [0, 0.1) is 0 Å². The van der Waals surface area contributed by atoms with E-state index in [1.54, 1.807) is 0 Å². The first-order valence-electron chi connectivity index (χ1n) is 5.41. The molecule has 0 heterocycles. The van der Waals surface area contributed by atoms with Crippen molar-refractivity contribution < 1.29 is 4.74 Å². The Morgan fingerprint density at radius 1 is 1.07 bits per heavy atom. The summed E-state index contributed by atoms with van der Waals surface area (Å²) < 4.78 is 5.80. The maximum atomic E-state index is 5.80. The van der Waals surface area contributed by atoms with Crippen LogP contribution < -0.4 is 0 Å². The first kappa shape index (κ1) is 11.3. The van der Waals surface area contributed by atoms with Crippen LogP contribution in [0.3, 0.4) is 0 Å². The number of hydrogen-bond donors (Lipinski definition) is 0. The average Bonchev–Trinajstić information content (AvgIpc) is 2.19. The molecule has 1 nitrogen and oxygen atoms in total. The second-order valence-electron chi connectivity index (χ2n) is 3.86. The highest BCUT2D eigenvalue weighted by molar-refractivity contribution is 5.15. The van der Waals surface area contributed by atoms with Gasteiger partial charge in [0, 0.05) is 0 Å². The van der Waals surface area contributed by atoms with Crippen LogP contribution in [0.2, 0.25) is 0 Å². The van der Waals surface area contributed by atoms with Crippen molar-refractivity contribution in [2.24, 2.45) is 0 Å². The van der Waals surface area contributed by atoms with Crippen molar-refractivity contribution in [2.45, 2.75) is 45.8 Å². The fourth-order valence-electron chi connectivity index (χ4n) is 1.49. The van der Waals surface area contributed by atoms with Gasteiger partial charge in [0.1, 0.15) is 0 Å². The Morgan fingerprint density at radius 2 is 1.71 bits per heavy atom. The highest BCUT2D eigenvalue weighted by Crippen LogP contribution is 2.08. The van der Waals surface area contributed by atoms with E-state index in [1.807, 2.05) is 6.07 Å². The SMILES string of the molecule is CCC(C)OC(C)Cc1ccccc1. The molecule has 0 bridgehead atoms. The van der Waals surface area contributed by atoms with Gasteiger partial charge in [0.05, 0.1) is 12.2 Å². The van der Waals surface area contributed by atoms with E-state index >= 15 is 0 Å². The molecule has 0 saturated carbocycles. The number of ether oxygens (including phenoxy) is 1. The molecule has 2 unspecified atom stereocenters. The molecule has 0 amide bonds. The third kappa shape index (κ3) is 3.93. The molecule has 0 aliphatic carbocycles. The summed E-state index contributed by atoms with van der Waals surface area (Å²) in [6.07, 6.45) is 2.77. The van der Waals surface area contributed by atoms with E-state index in [0.29, 0.717) is 12.2 Å². The molecule has 0 fully saturated rings. The predicted octanol–water partition coefficient (Wildman–Crippen LogP) is 3.43. The Bertz CT molecular complexity index is 243. The predicted molar refractivity (Wildman–Crippen MR) is 60.4 cm³/mol. The summed E-state index contributed by atoms with van der Waals surface area (Å²) in [6, 6.07) is 10.5. The molecule has 1 rings (SSSR count). The topological polar surface area (TPSA) is 9.23 Å². The van der Waals surface area contributed by atoms with Gasteiger partial charge >= 0.3 is 0 Å². The standard InChI is InChI=1S/C13H20O/c1-4-11(2)14-12(3)10-13-8-6-5-7-9-13/h5-9,11-12H,4,10H2,1-3H3. The zero-order valence-electron chi connectivity index (χ0n) is 9.36. The van der Waals surface area contributed by atoms with E-state index in [9.17, 15) is 0 Å². The fourth-order valence-corrected chi connectivity index (χ4v) is 1.49. The van der Waals surface area contributed by atoms with Crippen LogP contribution in [0.5, 0.6) is 0 Å². The van der Waals surface area contributed by atoms with Crippen LogP contribution in [0.1, 0.15) is 32.8 Å². The zero-order valence-corrected chi connectivity index (χ0v) is 9.36. The van der Waals surface area contributed by atoms with Gasteiger partial charge in [0.15, 0.2) is 0 Å². The highest BCUT2D eigenvalue weighted by atomic mass is 16.5. The van der Waals surface area contributed by atoms with Crippen LogP contribution in [-0.4, -0.2) is 12.2 Å². The molecule has 0 aliphatic rings. The van der Waals surface area contributed by atoms with Gasteiger partial charge < -0.3 is 4.74 Å². The average molecular weight is 192 g/mol. The van der Waals surface area contributed by atoms with Crippen molar-refractivity contribution >= 4 is 0 Å². The summed E-state index contributed by atoms with van der Waals surface area (Å²) >= 11 is 0. The Labute approximate surface area is 87.1 Å². The molecule has 0 spiro atoms. The van der Waals surface area contributed by atoms with Crippen molar-refractivity contribution in [3.63, 3.8) is 0 Å². The maximum absolute atomic E-state index is 5.80. The Kier molecular flexibility index (Phi) is 4.68. The molecule has 0 saturated heterocycles. The minimum absolute atomic E-state index is 0.312. The molecule has 0 aliphatic heterocycles. The lowest BCUT2D eigenvalue weighted by Crippen LogP contribution is -2.18. The summed E-state index contributed by atoms with van der Waals surface area (Å²) in [4.78, 5) is 0. The monoisotopic (exact) mass is 192 g/mol. The quantitative estimate of drug-likeness (QED) is 0.694. The van der Waals surface area contributed by atoms with Gasteiger partial charge in [0.25, 0.3) is 0 Å². The van der Waals surface area contributed by atoms with Crippen LogP contribution in [0.25, 0.3) is 0 Å². The summed E-state index contributed by atoms with van der Waals surface area (Å²) in [6.45, 7) is 6.42. The van der Waals surface area contributed by atoms with Gasteiger partial charge in [0.2, 0.25) is 0 Å². The maximum Gasteiger partial charge on any atom is 0.0590 e. The van der Waals surface area contributed by atoms with E-state index in [2.05, 4.69) is 45.0 Å². The van der Waals surface area contributed by atoms with Crippen molar-refractivity contribution in [1.29, 1.82) is 0 Å². The van der Waals surface area contributed by atoms with Crippen molar-refractivity contribution in [1.82, 2.24) is 0 Å². The Hall–Kier alpha value is -0.820. The first-order chi connectivity index (χ1) is 6.72. The van der Waals surface area contributed by atoms with Crippen molar-refractivity contribution in [2.75, 3.05) is 0 Å². The van der Waals surface area contributed by atoms with Crippen LogP contribution in [-0.2, 0) is 11.2 Å². The Balaban J connectivity index is 2.37. The van der Waals surface area contributed by atoms with Crippen LogP contribution in [0.4, 0.5) is 0 Å². The summed E-state index contributed by atoms with van der Waals surface area (Å²) in [5, 5.41) is 0. The number of rotatable bonds is 5. The Morgan fingerprint density at radius 3 is 2.29 bits per heavy atom. The second kappa shape index (κ2) is 5.82. The molecule has 78 valence electrons. The van der Waals surface area contributed by atoms with Crippen molar-refractivity contribution in [3.05, 3.63) is 35.9 Å². The summed E-state index contributed by atoms with van der Waals surface area (Å²) in [5.41, 5.74) is 1.35. The lowest BCUT2D eigenvalue weighted by atomic mass is 10.1. The highest BCUT2D eigenvalue weighted by Gasteiger charge is 2.07. The lowest BCUT2D eigenvalue weighted by molar-refractivity contribution is 0.00727. The first-order valence-corrected chi connectivity index (χ1v) is 5.41. The lowest BCUT2D eigenvalue weighted by Gasteiger charge is -2.17. The van der Waals surface area contributed by atoms with Gasteiger partial charge in [-0.1, -0.05) is 37.3 Å². The molecular weight excluding hydrogens is 172 g/mol. The van der Waals surface area contributed by atoms with E-state index < -0.39 is 0 Å². The van der Waals surface area contributed by atoms with Gasteiger partial charge in [-0.25, -0.2) is 0 Å². The normalized spacial score (nSPS) is 15.1. The molecule has 0 aromatic heterocycles. The van der Waals surface area contributed by atoms with Gasteiger partial charge in [-0.15, -0.1) is 0 Å². The molecular formula is C13H20O. The molecule has 1 heteroatoms. The molecule has 2 atom stereocenters. The number of hydrogen-bond acceptors (Lipinski definition) is 1. The van der Waals surface area contributed by atoms with E-state index in [-0.39, 0.29) is 0 Å². The minimum Gasteiger partial charge on any atom is -0.375 e. The van der Waals surface area contributed by atoms with Crippen molar-refractivity contribution in [3.8, 4) is 0 Å². The van der Waals surface area contributed by atoms with Crippen LogP contribution in [0.15, 0.2) is 30.3 Å². The van der Waals surface area contributed by atoms with Gasteiger partial charge in [-0.2, -0.15) is 0 Å². The van der Waals surface area contributed by atoms with E-state index in [4.69, 9.17) is 4.74 Å². The van der Waals surface area contributed by atoms with Gasteiger partial charge in [-0.05, 0) is 32.3 Å². The van der Waals surface area contributed by atoms with Gasteiger partial charge in [-0.3, -0.25) is 0 Å². The largest absolute Gasteiger partial charge is 0.375 e. The smallest absolute Gasteiger partial charge is 0.0590 e. The van der Waals surface area contributed by atoms with Crippen LogP contribution >= 0.6 is 0 Å². The second-order valence-corrected chi connectivity index (χ2v) is 3.86. The third-order valence-electron chi connectivity index (χ3n) is 2.41. The molecule has 0 radical (unpaired) electrons. The zero-order chi connectivity index (χ0) is 10.4. The minimum atomic E-state index is 0.312. The molecule has 1 aromatic carbocycles. The van der Waals surface area contributed by atoms with E-state index in [1.165, 1.54) is 5.56 Å². The summed E-state index contributed by atoms with van der Waals surface area (Å²) in [5.74, 6) is 0. The summed E-state index contributed by atoms with van der Waals surface area (Å²) in [7, 11) is 0. The number of benzene rings is 1. The molecule has 1 aromatic rings. The molecule has 14 heavy (non-hydrogen) atoms. The fraction of sp³-hybridized carbons (Fsp3) is 0.538. The van der Waals surface area contributed by atoms with E-state index in [0.717, 1.165) is 12.8 Å². The molecule has 0 N–H and O–H groups in total.